The lowest BCUT2D eigenvalue weighted by molar-refractivity contribution is -0.143. The first-order valence-electron chi connectivity index (χ1n) is 11.7. The van der Waals surface area contributed by atoms with E-state index in [4.69, 9.17) is 9.47 Å². The molecule has 0 aromatic heterocycles. The summed E-state index contributed by atoms with van der Waals surface area (Å²) in [6.07, 6.45) is 10.0. The van der Waals surface area contributed by atoms with Crippen LogP contribution in [0.5, 0.6) is 0 Å². The van der Waals surface area contributed by atoms with Crippen molar-refractivity contribution in [3.63, 3.8) is 0 Å². The second-order valence-corrected chi connectivity index (χ2v) is 10.7. The van der Waals surface area contributed by atoms with Gasteiger partial charge in [-0.15, -0.1) is 0 Å². The molecule has 0 amide bonds. The first-order chi connectivity index (χ1) is 13.3. The first-order valence-corrected chi connectivity index (χ1v) is 11.7. The molecule has 0 aliphatic heterocycles. The van der Waals surface area contributed by atoms with E-state index in [-0.39, 0.29) is 17.6 Å². The number of Topliss-reactive ketones (excluding diaryl/α,β-unsaturated/α-hetero) is 1. The average Bonchev–Trinajstić information content (AvgIpc) is 2.97. The van der Waals surface area contributed by atoms with Crippen LogP contribution in [-0.4, -0.2) is 24.1 Å². The Hall–Kier alpha value is -1.06. The Labute approximate surface area is 170 Å². The minimum absolute atomic E-state index is 0.00750. The molecule has 28 heavy (non-hydrogen) atoms. The van der Waals surface area contributed by atoms with Gasteiger partial charge in [-0.05, 0) is 93.8 Å². The van der Waals surface area contributed by atoms with E-state index in [0.29, 0.717) is 23.0 Å². The molecule has 158 valence electrons. The molecule has 0 heterocycles. The van der Waals surface area contributed by atoms with Crippen LogP contribution < -0.4 is 0 Å². The SMILES string of the molecule is CCC(C)OC(=O)OC1CCC2(C)C(CCC3C4CCC(=O)C4(C)CCC32)C1. The Bertz CT molecular complexity index is 630. The standard InChI is InChI=1S/C24H38O4/c1-5-15(2)27-22(26)28-17-10-12-23(3)16(14-17)6-7-18-19-8-9-21(25)24(19,4)13-11-20(18)23/h15-20H,5-14H2,1-4H3. The van der Waals surface area contributed by atoms with Gasteiger partial charge < -0.3 is 9.47 Å². The molecule has 4 aliphatic rings. The summed E-state index contributed by atoms with van der Waals surface area (Å²) in [7, 11) is 0. The summed E-state index contributed by atoms with van der Waals surface area (Å²) >= 11 is 0. The average molecular weight is 391 g/mol. The van der Waals surface area contributed by atoms with Crippen LogP contribution in [-0.2, 0) is 14.3 Å². The molecule has 4 heteroatoms. The van der Waals surface area contributed by atoms with Crippen LogP contribution >= 0.6 is 0 Å². The van der Waals surface area contributed by atoms with Gasteiger partial charge in [0, 0.05) is 11.8 Å². The molecule has 0 N–H and O–H groups in total. The zero-order valence-electron chi connectivity index (χ0n) is 18.2. The van der Waals surface area contributed by atoms with Gasteiger partial charge in [-0.3, -0.25) is 4.79 Å². The fourth-order valence-corrected chi connectivity index (χ4v) is 7.51. The Morgan fingerprint density at radius 3 is 2.64 bits per heavy atom. The molecule has 0 aromatic rings. The summed E-state index contributed by atoms with van der Waals surface area (Å²) in [6, 6.07) is 0. The van der Waals surface area contributed by atoms with Crippen LogP contribution in [0.2, 0.25) is 0 Å². The van der Waals surface area contributed by atoms with Crippen molar-refractivity contribution in [1.82, 2.24) is 0 Å². The van der Waals surface area contributed by atoms with Gasteiger partial charge in [0.2, 0.25) is 0 Å². The highest BCUT2D eigenvalue weighted by atomic mass is 16.7. The fraction of sp³-hybridized carbons (Fsp3) is 0.917. The molecule has 0 saturated heterocycles. The number of hydrogen-bond acceptors (Lipinski definition) is 4. The highest BCUT2D eigenvalue weighted by Crippen LogP contribution is 2.65. The Balaban J connectivity index is 1.42. The Morgan fingerprint density at radius 1 is 1.11 bits per heavy atom. The molecular formula is C24H38O4. The van der Waals surface area contributed by atoms with Gasteiger partial charge in [0.15, 0.2) is 0 Å². The maximum Gasteiger partial charge on any atom is 0.508 e. The summed E-state index contributed by atoms with van der Waals surface area (Å²) in [5, 5.41) is 0. The lowest BCUT2D eigenvalue weighted by Gasteiger charge is -2.60. The topological polar surface area (TPSA) is 52.6 Å². The molecular weight excluding hydrogens is 352 g/mol. The molecule has 0 radical (unpaired) electrons. The summed E-state index contributed by atoms with van der Waals surface area (Å²) in [5.41, 5.74) is 0.306. The van der Waals surface area contributed by atoms with Crippen LogP contribution in [0, 0.1) is 34.5 Å². The second-order valence-electron chi connectivity index (χ2n) is 10.7. The van der Waals surface area contributed by atoms with E-state index in [1.54, 1.807) is 0 Å². The van der Waals surface area contributed by atoms with Crippen LogP contribution in [0.25, 0.3) is 0 Å². The number of fused-ring (bicyclic) bond motifs is 5. The molecule has 4 aliphatic carbocycles. The summed E-state index contributed by atoms with van der Waals surface area (Å²) in [4.78, 5) is 24.6. The molecule has 4 nitrogen and oxygen atoms in total. The van der Waals surface area contributed by atoms with Gasteiger partial charge in [-0.1, -0.05) is 20.8 Å². The van der Waals surface area contributed by atoms with Gasteiger partial charge in [-0.25, -0.2) is 4.79 Å². The number of rotatable bonds is 3. The van der Waals surface area contributed by atoms with E-state index < -0.39 is 6.16 Å². The summed E-state index contributed by atoms with van der Waals surface area (Å²) < 4.78 is 11.0. The normalized spacial score (nSPS) is 46.1. The van der Waals surface area contributed by atoms with E-state index in [9.17, 15) is 9.59 Å². The molecule has 0 spiro atoms. The van der Waals surface area contributed by atoms with E-state index in [0.717, 1.165) is 56.8 Å². The maximum atomic E-state index is 12.6. The minimum atomic E-state index is -0.491. The zero-order valence-corrected chi connectivity index (χ0v) is 18.2. The summed E-state index contributed by atoms with van der Waals surface area (Å²) in [6.45, 7) is 8.67. The van der Waals surface area contributed by atoms with Crippen molar-refractivity contribution < 1.29 is 19.1 Å². The van der Waals surface area contributed by atoms with E-state index >= 15 is 0 Å². The quantitative estimate of drug-likeness (QED) is 0.561. The smallest absolute Gasteiger partial charge is 0.431 e. The largest absolute Gasteiger partial charge is 0.508 e. The predicted octanol–water partition coefficient (Wildman–Crippen LogP) is 5.92. The van der Waals surface area contributed by atoms with Crippen LogP contribution in [0.3, 0.4) is 0 Å². The van der Waals surface area contributed by atoms with Gasteiger partial charge in [-0.2, -0.15) is 0 Å². The zero-order chi connectivity index (χ0) is 20.1. The first kappa shape index (κ1) is 20.2. The summed E-state index contributed by atoms with van der Waals surface area (Å²) in [5.74, 6) is 3.23. The molecule has 4 rings (SSSR count). The van der Waals surface area contributed by atoms with Crippen molar-refractivity contribution in [2.24, 2.45) is 34.5 Å². The number of carbonyl (C=O) groups excluding carboxylic acids is 2. The monoisotopic (exact) mass is 390 g/mol. The minimum Gasteiger partial charge on any atom is -0.431 e. The van der Waals surface area contributed by atoms with Gasteiger partial charge in [0.05, 0.1) is 0 Å². The Kier molecular flexibility index (Phi) is 5.29. The molecule has 0 bridgehead atoms. The molecule has 8 atom stereocenters. The fourth-order valence-electron chi connectivity index (χ4n) is 7.51. The number of ketones is 1. The third-order valence-electron chi connectivity index (χ3n) is 9.46. The van der Waals surface area contributed by atoms with Crippen molar-refractivity contribution in [3.8, 4) is 0 Å². The Morgan fingerprint density at radius 2 is 1.89 bits per heavy atom. The predicted molar refractivity (Wildman–Crippen MR) is 108 cm³/mol. The van der Waals surface area contributed by atoms with Crippen molar-refractivity contribution in [1.29, 1.82) is 0 Å². The highest BCUT2D eigenvalue weighted by molar-refractivity contribution is 5.87. The molecule has 4 fully saturated rings. The lowest BCUT2D eigenvalue weighted by atomic mass is 9.45. The van der Waals surface area contributed by atoms with Crippen molar-refractivity contribution in [3.05, 3.63) is 0 Å². The van der Waals surface area contributed by atoms with Crippen molar-refractivity contribution in [2.45, 2.75) is 104 Å². The van der Waals surface area contributed by atoms with Crippen LogP contribution in [0.4, 0.5) is 4.79 Å². The second kappa shape index (κ2) is 7.32. The van der Waals surface area contributed by atoms with Gasteiger partial charge in [0.25, 0.3) is 0 Å². The van der Waals surface area contributed by atoms with Crippen LogP contribution in [0.1, 0.15) is 91.9 Å². The van der Waals surface area contributed by atoms with Crippen molar-refractivity contribution >= 4 is 11.9 Å². The lowest BCUT2D eigenvalue weighted by Crippen LogP contribution is -2.54. The maximum absolute atomic E-state index is 12.6. The molecule has 8 unspecified atom stereocenters. The number of hydrogen-bond donors (Lipinski definition) is 0. The third-order valence-corrected chi connectivity index (χ3v) is 9.46. The van der Waals surface area contributed by atoms with E-state index in [2.05, 4.69) is 13.8 Å². The van der Waals surface area contributed by atoms with Gasteiger partial charge in [0.1, 0.15) is 18.0 Å². The highest BCUT2D eigenvalue weighted by Gasteiger charge is 2.60. The number of ether oxygens (including phenoxy) is 2. The van der Waals surface area contributed by atoms with E-state index in [1.807, 2.05) is 13.8 Å². The third kappa shape index (κ3) is 3.19. The number of carbonyl (C=O) groups is 2. The molecule has 0 aromatic carbocycles. The molecule has 4 saturated carbocycles. The van der Waals surface area contributed by atoms with E-state index in [1.165, 1.54) is 19.3 Å². The van der Waals surface area contributed by atoms with Crippen LogP contribution in [0.15, 0.2) is 0 Å². The van der Waals surface area contributed by atoms with Crippen molar-refractivity contribution in [2.75, 3.05) is 0 Å². The van der Waals surface area contributed by atoms with Gasteiger partial charge >= 0.3 is 6.16 Å².